The molecule has 1 atom stereocenters. The Bertz CT molecular complexity index is 336. The Hall–Kier alpha value is -0.120. The topological polar surface area (TPSA) is 52.1 Å². The van der Waals surface area contributed by atoms with E-state index in [-0.39, 0.29) is 24.0 Å². The molecule has 2 saturated heterocycles. The van der Waals surface area contributed by atoms with Gasteiger partial charge in [0.05, 0.1) is 13.2 Å². The van der Waals surface area contributed by atoms with Crippen molar-refractivity contribution < 1.29 is 4.74 Å². The zero-order valence-electron chi connectivity index (χ0n) is 14.7. The molecule has 0 saturated carbocycles. The van der Waals surface area contributed by atoms with Crippen molar-refractivity contribution in [2.24, 2.45) is 10.9 Å². The lowest BCUT2D eigenvalue weighted by Gasteiger charge is -2.29. The Balaban J connectivity index is 0.00000264. The maximum atomic E-state index is 5.38. The molecule has 0 aromatic heterocycles. The van der Waals surface area contributed by atoms with E-state index in [9.17, 15) is 0 Å². The molecular weight excluding hydrogens is 405 g/mol. The second kappa shape index (κ2) is 12.3. The molecule has 2 heterocycles. The van der Waals surface area contributed by atoms with Gasteiger partial charge in [0.25, 0.3) is 0 Å². The Morgan fingerprint density at radius 3 is 2.70 bits per heavy atom. The summed E-state index contributed by atoms with van der Waals surface area (Å²) in [5.74, 6) is 1.66. The van der Waals surface area contributed by atoms with Crippen LogP contribution >= 0.6 is 24.0 Å². The summed E-state index contributed by atoms with van der Waals surface area (Å²) in [5.41, 5.74) is 0. The minimum Gasteiger partial charge on any atom is -0.379 e. The lowest BCUT2D eigenvalue weighted by molar-refractivity contribution is 0.0389. The zero-order chi connectivity index (χ0) is 15.6. The van der Waals surface area contributed by atoms with Gasteiger partial charge in [0, 0.05) is 45.8 Å². The van der Waals surface area contributed by atoms with Crippen LogP contribution in [0.2, 0.25) is 0 Å². The van der Waals surface area contributed by atoms with Crippen LogP contribution in [0.15, 0.2) is 4.99 Å². The van der Waals surface area contributed by atoms with Gasteiger partial charge in [-0.1, -0.05) is 0 Å². The molecule has 2 aliphatic heterocycles. The number of piperidine rings is 1. The van der Waals surface area contributed by atoms with E-state index in [1.54, 1.807) is 0 Å². The standard InChI is InChI=1S/C16H33N5O.HI/c1-3-17-16(18-6-8-21-9-11-22-12-10-21)19-13-15-5-4-7-20(2)14-15;/h15H,3-14H2,1-2H3,(H2,17,18,19);1H. The highest BCUT2D eigenvalue weighted by molar-refractivity contribution is 14.0. The van der Waals surface area contributed by atoms with E-state index < -0.39 is 0 Å². The lowest BCUT2D eigenvalue weighted by Crippen LogP contribution is -2.44. The maximum absolute atomic E-state index is 5.38. The van der Waals surface area contributed by atoms with Crippen molar-refractivity contribution >= 4 is 29.9 Å². The van der Waals surface area contributed by atoms with Crippen LogP contribution in [0.5, 0.6) is 0 Å². The smallest absolute Gasteiger partial charge is 0.191 e. The number of likely N-dealkylation sites (tertiary alicyclic amines) is 1. The van der Waals surface area contributed by atoms with Crippen LogP contribution in [0.4, 0.5) is 0 Å². The number of morpholine rings is 1. The van der Waals surface area contributed by atoms with Crippen LogP contribution in [-0.4, -0.2) is 88.4 Å². The van der Waals surface area contributed by atoms with Crippen LogP contribution < -0.4 is 10.6 Å². The third kappa shape index (κ3) is 8.51. The molecule has 0 aromatic carbocycles. The molecule has 0 amide bonds. The maximum Gasteiger partial charge on any atom is 0.191 e. The molecule has 2 rings (SSSR count). The summed E-state index contributed by atoms with van der Waals surface area (Å²) in [6.07, 6.45) is 2.61. The van der Waals surface area contributed by atoms with Crippen LogP contribution in [0.25, 0.3) is 0 Å². The summed E-state index contributed by atoms with van der Waals surface area (Å²) >= 11 is 0. The molecule has 0 aliphatic carbocycles. The van der Waals surface area contributed by atoms with Gasteiger partial charge >= 0.3 is 0 Å². The van der Waals surface area contributed by atoms with E-state index in [0.29, 0.717) is 5.92 Å². The van der Waals surface area contributed by atoms with Crippen molar-refractivity contribution in [2.75, 3.05) is 72.6 Å². The highest BCUT2D eigenvalue weighted by Crippen LogP contribution is 2.14. The van der Waals surface area contributed by atoms with Crippen LogP contribution in [0, 0.1) is 5.92 Å². The highest BCUT2D eigenvalue weighted by atomic mass is 127. The number of ether oxygens (including phenoxy) is 1. The summed E-state index contributed by atoms with van der Waals surface area (Å²) in [7, 11) is 2.21. The van der Waals surface area contributed by atoms with Gasteiger partial charge in [0.15, 0.2) is 5.96 Å². The molecule has 136 valence electrons. The molecular formula is C16H34IN5O. The number of rotatable bonds is 6. The number of aliphatic imine (C=N–C) groups is 1. The number of hydrogen-bond acceptors (Lipinski definition) is 4. The first-order chi connectivity index (χ1) is 10.8. The van der Waals surface area contributed by atoms with Gasteiger partial charge in [0.1, 0.15) is 0 Å². The largest absolute Gasteiger partial charge is 0.379 e. The van der Waals surface area contributed by atoms with Crippen molar-refractivity contribution in [3.8, 4) is 0 Å². The second-order valence-corrected chi connectivity index (χ2v) is 6.37. The first kappa shape index (κ1) is 20.9. The number of nitrogens with one attached hydrogen (secondary N) is 2. The molecule has 1 unspecified atom stereocenters. The monoisotopic (exact) mass is 439 g/mol. The average molecular weight is 439 g/mol. The van der Waals surface area contributed by atoms with Gasteiger partial charge in [-0.3, -0.25) is 9.89 Å². The van der Waals surface area contributed by atoms with Crippen molar-refractivity contribution in [2.45, 2.75) is 19.8 Å². The number of nitrogens with zero attached hydrogens (tertiary/aromatic N) is 3. The second-order valence-electron chi connectivity index (χ2n) is 6.37. The van der Waals surface area contributed by atoms with E-state index in [4.69, 9.17) is 9.73 Å². The third-order valence-corrected chi connectivity index (χ3v) is 4.40. The minimum absolute atomic E-state index is 0. The van der Waals surface area contributed by atoms with Gasteiger partial charge in [-0.25, -0.2) is 0 Å². The fourth-order valence-electron chi connectivity index (χ4n) is 3.14. The predicted octanol–water partition coefficient (Wildman–Crippen LogP) is 0.834. The molecule has 6 nitrogen and oxygen atoms in total. The Kier molecular flexibility index (Phi) is 11.2. The van der Waals surface area contributed by atoms with Crippen molar-refractivity contribution in [3.05, 3.63) is 0 Å². The number of halogens is 1. The van der Waals surface area contributed by atoms with E-state index in [1.165, 1.54) is 25.9 Å². The minimum atomic E-state index is 0. The van der Waals surface area contributed by atoms with Gasteiger partial charge < -0.3 is 20.3 Å². The van der Waals surface area contributed by atoms with Crippen LogP contribution in [0.1, 0.15) is 19.8 Å². The van der Waals surface area contributed by atoms with Gasteiger partial charge in [0.2, 0.25) is 0 Å². The quantitative estimate of drug-likeness (QED) is 0.365. The normalized spacial score (nSPS) is 24.1. The molecule has 2 aliphatic rings. The molecule has 0 bridgehead atoms. The average Bonchev–Trinajstić information content (AvgIpc) is 2.54. The van der Waals surface area contributed by atoms with Crippen molar-refractivity contribution in [1.29, 1.82) is 0 Å². The molecule has 7 heteroatoms. The molecule has 2 N–H and O–H groups in total. The van der Waals surface area contributed by atoms with Gasteiger partial charge in [-0.05, 0) is 39.3 Å². The molecule has 0 aromatic rings. The zero-order valence-corrected chi connectivity index (χ0v) is 17.1. The van der Waals surface area contributed by atoms with Crippen molar-refractivity contribution in [3.63, 3.8) is 0 Å². The summed E-state index contributed by atoms with van der Waals surface area (Å²) in [6, 6.07) is 0. The Morgan fingerprint density at radius 1 is 1.22 bits per heavy atom. The lowest BCUT2D eigenvalue weighted by atomic mass is 9.99. The summed E-state index contributed by atoms with van der Waals surface area (Å²) < 4.78 is 5.38. The Labute approximate surface area is 158 Å². The summed E-state index contributed by atoms with van der Waals surface area (Å²) in [6.45, 7) is 12.2. The first-order valence-electron chi connectivity index (χ1n) is 8.78. The van der Waals surface area contributed by atoms with Gasteiger partial charge in [-0.2, -0.15) is 0 Å². The molecule has 0 spiro atoms. The van der Waals surface area contributed by atoms with Gasteiger partial charge in [-0.15, -0.1) is 24.0 Å². The van der Waals surface area contributed by atoms with E-state index in [1.807, 2.05) is 0 Å². The third-order valence-electron chi connectivity index (χ3n) is 4.40. The molecule has 2 fully saturated rings. The van der Waals surface area contributed by atoms with E-state index in [2.05, 4.69) is 34.4 Å². The first-order valence-corrected chi connectivity index (χ1v) is 8.78. The highest BCUT2D eigenvalue weighted by Gasteiger charge is 2.16. The molecule has 0 radical (unpaired) electrons. The predicted molar refractivity (Wildman–Crippen MR) is 107 cm³/mol. The number of hydrogen-bond donors (Lipinski definition) is 2. The fourth-order valence-corrected chi connectivity index (χ4v) is 3.14. The fraction of sp³-hybridized carbons (Fsp3) is 0.938. The molecule has 23 heavy (non-hydrogen) atoms. The summed E-state index contributed by atoms with van der Waals surface area (Å²) in [4.78, 5) is 9.64. The van der Waals surface area contributed by atoms with Crippen molar-refractivity contribution in [1.82, 2.24) is 20.4 Å². The summed E-state index contributed by atoms with van der Waals surface area (Å²) in [5, 5.41) is 6.81. The Morgan fingerprint density at radius 2 is 2.00 bits per heavy atom. The van der Waals surface area contributed by atoms with Crippen LogP contribution in [-0.2, 0) is 4.74 Å². The van der Waals surface area contributed by atoms with E-state index >= 15 is 0 Å². The van der Waals surface area contributed by atoms with E-state index in [0.717, 1.165) is 58.4 Å². The number of guanidine groups is 1. The van der Waals surface area contributed by atoms with Crippen LogP contribution in [0.3, 0.4) is 0 Å². The SMILES string of the molecule is CCNC(=NCC1CCCN(C)C1)NCCN1CCOCC1.I.